The number of ketones is 1. The van der Waals surface area contributed by atoms with E-state index in [1.165, 1.54) is 18.2 Å². The molecule has 2 aromatic rings. The highest BCUT2D eigenvalue weighted by atomic mass is 35.5. The van der Waals surface area contributed by atoms with Crippen molar-refractivity contribution >= 4 is 29.1 Å². The first-order chi connectivity index (χ1) is 9.58. The van der Waals surface area contributed by atoms with Crippen molar-refractivity contribution < 1.29 is 9.72 Å². The molecule has 0 atom stereocenters. The second-order valence-corrected chi connectivity index (χ2v) is 4.43. The topological polar surface area (TPSA) is 60.2 Å². The van der Waals surface area contributed by atoms with E-state index < -0.39 is 4.92 Å². The Bertz CT molecular complexity index is 678. The number of nitro groups is 1. The first-order valence-electron chi connectivity index (χ1n) is 5.79. The Morgan fingerprint density at radius 1 is 1.10 bits per heavy atom. The summed E-state index contributed by atoms with van der Waals surface area (Å²) < 4.78 is 0. The molecule has 0 unspecified atom stereocenters. The maximum Gasteiger partial charge on any atom is 0.269 e. The molecule has 20 heavy (non-hydrogen) atoms. The van der Waals surface area contributed by atoms with E-state index in [0.29, 0.717) is 16.1 Å². The number of non-ortho nitro benzene ring substituents is 1. The zero-order chi connectivity index (χ0) is 14.5. The second-order valence-electron chi connectivity index (χ2n) is 4.03. The summed E-state index contributed by atoms with van der Waals surface area (Å²) in [5, 5.41) is 10.9. The van der Waals surface area contributed by atoms with Gasteiger partial charge < -0.3 is 0 Å². The molecule has 0 N–H and O–H groups in total. The largest absolute Gasteiger partial charge is 0.289 e. The quantitative estimate of drug-likeness (QED) is 0.367. The molecule has 0 aliphatic rings. The van der Waals surface area contributed by atoms with Gasteiger partial charge in [-0.05, 0) is 35.9 Å². The van der Waals surface area contributed by atoms with Crippen LogP contribution in [0.1, 0.15) is 15.9 Å². The van der Waals surface area contributed by atoms with E-state index in [0.717, 1.165) is 0 Å². The van der Waals surface area contributed by atoms with Gasteiger partial charge in [0.15, 0.2) is 5.78 Å². The number of benzene rings is 2. The summed E-state index contributed by atoms with van der Waals surface area (Å²) in [6.45, 7) is 0. The zero-order valence-electron chi connectivity index (χ0n) is 10.3. The molecule has 0 saturated heterocycles. The minimum Gasteiger partial charge on any atom is -0.289 e. The van der Waals surface area contributed by atoms with Crippen molar-refractivity contribution in [2.45, 2.75) is 0 Å². The van der Waals surface area contributed by atoms with Crippen LogP contribution in [0.2, 0.25) is 5.02 Å². The minimum atomic E-state index is -0.470. The van der Waals surface area contributed by atoms with Crippen LogP contribution in [-0.2, 0) is 0 Å². The Kier molecular flexibility index (Phi) is 4.27. The lowest BCUT2D eigenvalue weighted by molar-refractivity contribution is -0.384. The molecule has 0 aromatic heterocycles. The SMILES string of the molecule is O=C(/C=C/c1ccc([N+](=O)[O-])cc1)c1ccccc1Cl. The number of allylic oxidation sites excluding steroid dienone is 1. The van der Waals surface area contributed by atoms with Crippen LogP contribution in [0.15, 0.2) is 54.6 Å². The predicted molar refractivity (Wildman–Crippen MR) is 77.9 cm³/mol. The van der Waals surface area contributed by atoms with Crippen LogP contribution in [0.3, 0.4) is 0 Å². The summed E-state index contributed by atoms with van der Waals surface area (Å²) in [5.74, 6) is -0.214. The number of carbonyl (C=O) groups is 1. The summed E-state index contributed by atoms with van der Waals surface area (Å²) in [6, 6.07) is 12.7. The van der Waals surface area contributed by atoms with E-state index in [9.17, 15) is 14.9 Å². The normalized spacial score (nSPS) is 10.7. The van der Waals surface area contributed by atoms with E-state index in [-0.39, 0.29) is 11.5 Å². The highest BCUT2D eigenvalue weighted by Crippen LogP contribution is 2.17. The fourth-order valence-corrected chi connectivity index (χ4v) is 1.86. The van der Waals surface area contributed by atoms with Crippen molar-refractivity contribution in [3.63, 3.8) is 0 Å². The molecule has 0 radical (unpaired) electrons. The molecule has 0 aliphatic heterocycles. The summed E-state index contributed by atoms with van der Waals surface area (Å²) in [4.78, 5) is 22.0. The average Bonchev–Trinajstić information content (AvgIpc) is 2.45. The van der Waals surface area contributed by atoms with Gasteiger partial charge in [-0.3, -0.25) is 14.9 Å². The number of nitrogens with zero attached hydrogens (tertiary/aromatic N) is 1. The molecule has 0 saturated carbocycles. The highest BCUT2D eigenvalue weighted by molar-refractivity contribution is 6.34. The molecule has 2 rings (SSSR count). The standard InChI is InChI=1S/C15H10ClNO3/c16-14-4-2-1-3-13(14)15(18)10-7-11-5-8-12(9-6-11)17(19)20/h1-10H/b10-7+. The van der Waals surface area contributed by atoms with Crippen LogP contribution >= 0.6 is 11.6 Å². The van der Waals surface area contributed by atoms with Gasteiger partial charge >= 0.3 is 0 Å². The van der Waals surface area contributed by atoms with Crippen LogP contribution in [0.5, 0.6) is 0 Å². The number of carbonyl (C=O) groups excluding carboxylic acids is 1. The Morgan fingerprint density at radius 2 is 1.75 bits per heavy atom. The third-order valence-corrected chi connectivity index (χ3v) is 3.00. The van der Waals surface area contributed by atoms with Crippen molar-refractivity contribution in [1.82, 2.24) is 0 Å². The number of rotatable bonds is 4. The molecule has 0 spiro atoms. The van der Waals surface area contributed by atoms with E-state index in [4.69, 9.17) is 11.6 Å². The molecule has 0 aliphatic carbocycles. The molecule has 5 heteroatoms. The molecule has 0 bridgehead atoms. The minimum absolute atomic E-state index is 0.0135. The fourth-order valence-electron chi connectivity index (χ4n) is 1.63. The Morgan fingerprint density at radius 3 is 2.35 bits per heavy atom. The van der Waals surface area contributed by atoms with Gasteiger partial charge in [0, 0.05) is 17.7 Å². The van der Waals surface area contributed by atoms with Crippen molar-refractivity contribution in [2.24, 2.45) is 0 Å². The Labute approximate surface area is 120 Å². The average molecular weight is 288 g/mol. The van der Waals surface area contributed by atoms with E-state index in [1.54, 1.807) is 42.5 Å². The van der Waals surface area contributed by atoms with Gasteiger partial charge in [0.2, 0.25) is 0 Å². The lowest BCUT2D eigenvalue weighted by atomic mass is 10.1. The van der Waals surface area contributed by atoms with Gasteiger partial charge in [0.05, 0.1) is 9.95 Å². The third kappa shape index (κ3) is 3.30. The molecular formula is C15H10ClNO3. The first kappa shape index (κ1) is 14.0. The Balaban J connectivity index is 2.15. The summed E-state index contributed by atoms with van der Waals surface area (Å²) in [7, 11) is 0. The molecule has 100 valence electrons. The number of nitro benzene ring substituents is 1. The van der Waals surface area contributed by atoms with E-state index in [2.05, 4.69) is 0 Å². The fraction of sp³-hybridized carbons (Fsp3) is 0. The molecule has 4 nitrogen and oxygen atoms in total. The maximum atomic E-state index is 11.9. The first-order valence-corrected chi connectivity index (χ1v) is 6.17. The molecule has 0 amide bonds. The van der Waals surface area contributed by atoms with Gasteiger partial charge in [-0.25, -0.2) is 0 Å². The Hall–Kier alpha value is -2.46. The summed E-state index contributed by atoms with van der Waals surface area (Å²) >= 11 is 5.93. The van der Waals surface area contributed by atoms with Crippen LogP contribution in [-0.4, -0.2) is 10.7 Å². The van der Waals surface area contributed by atoms with Crippen LogP contribution < -0.4 is 0 Å². The molecule has 2 aromatic carbocycles. The highest BCUT2D eigenvalue weighted by Gasteiger charge is 2.06. The van der Waals surface area contributed by atoms with E-state index >= 15 is 0 Å². The maximum absolute atomic E-state index is 11.9. The third-order valence-electron chi connectivity index (χ3n) is 2.67. The lowest BCUT2D eigenvalue weighted by Gasteiger charge is -1.98. The van der Waals surface area contributed by atoms with Crippen LogP contribution in [0.4, 0.5) is 5.69 Å². The smallest absolute Gasteiger partial charge is 0.269 e. The number of hydrogen-bond acceptors (Lipinski definition) is 3. The molecular weight excluding hydrogens is 278 g/mol. The summed E-state index contributed by atoms with van der Waals surface area (Å²) in [6.07, 6.45) is 2.98. The molecule has 0 heterocycles. The second kappa shape index (κ2) is 6.12. The number of hydrogen-bond donors (Lipinski definition) is 0. The van der Waals surface area contributed by atoms with Gasteiger partial charge in [-0.2, -0.15) is 0 Å². The van der Waals surface area contributed by atoms with Crippen molar-refractivity contribution in [3.8, 4) is 0 Å². The zero-order valence-corrected chi connectivity index (χ0v) is 11.1. The van der Waals surface area contributed by atoms with Gasteiger partial charge in [-0.1, -0.05) is 29.8 Å². The van der Waals surface area contributed by atoms with Crippen LogP contribution in [0.25, 0.3) is 6.08 Å². The van der Waals surface area contributed by atoms with Crippen molar-refractivity contribution in [3.05, 3.63) is 80.9 Å². The van der Waals surface area contributed by atoms with Crippen molar-refractivity contribution in [2.75, 3.05) is 0 Å². The molecule has 0 fully saturated rings. The van der Waals surface area contributed by atoms with Gasteiger partial charge in [0.1, 0.15) is 0 Å². The summed E-state index contributed by atoms with van der Waals surface area (Å²) in [5.41, 5.74) is 1.14. The predicted octanol–water partition coefficient (Wildman–Crippen LogP) is 4.14. The number of halogens is 1. The monoisotopic (exact) mass is 287 g/mol. The van der Waals surface area contributed by atoms with E-state index in [1.807, 2.05) is 0 Å². The van der Waals surface area contributed by atoms with Gasteiger partial charge in [-0.15, -0.1) is 0 Å². The van der Waals surface area contributed by atoms with Crippen LogP contribution in [0, 0.1) is 10.1 Å². The van der Waals surface area contributed by atoms with Crippen molar-refractivity contribution in [1.29, 1.82) is 0 Å². The van der Waals surface area contributed by atoms with Gasteiger partial charge in [0.25, 0.3) is 5.69 Å². The lowest BCUT2D eigenvalue weighted by Crippen LogP contribution is -1.94.